The first-order chi connectivity index (χ1) is 17.1. The molecule has 184 valence electrons. The Labute approximate surface area is 214 Å². The smallest absolute Gasteiger partial charge is 0.331 e. The van der Waals surface area contributed by atoms with Gasteiger partial charge in [-0.15, -0.1) is 11.3 Å². The number of nitrogen functional groups attached to an aromatic ring is 1. The molecule has 0 saturated carbocycles. The maximum Gasteiger partial charge on any atom is 0.331 e. The fourth-order valence-electron chi connectivity index (χ4n) is 3.66. The quantitative estimate of drug-likeness (QED) is 0.205. The van der Waals surface area contributed by atoms with Crippen molar-refractivity contribution in [3.63, 3.8) is 0 Å². The van der Waals surface area contributed by atoms with Gasteiger partial charge >= 0.3 is 12.0 Å². The summed E-state index contributed by atoms with van der Waals surface area (Å²) in [4.78, 5) is 28.8. The van der Waals surface area contributed by atoms with Crippen molar-refractivity contribution in [2.75, 3.05) is 16.4 Å². The monoisotopic (exact) mass is 500 g/mol. The lowest BCUT2D eigenvalue weighted by Gasteiger charge is -2.17. The van der Waals surface area contributed by atoms with Gasteiger partial charge in [0.2, 0.25) is 0 Å². The average molecular weight is 501 g/mol. The van der Waals surface area contributed by atoms with Crippen molar-refractivity contribution < 1.29 is 14.3 Å². The molecule has 0 aliphatic heterocycles. The summed E-state index contributed by atoms with van der Waals surface area (Å²) < 4.78 is 6.27. The number of carbonyl (C=O) groups excluding carboxylic acids is 2. The van der Waals surface area contributed by atoms with Crippen LogP contribution in [-0.2, 0) is 9.53 Å². The number of nitrogens with two attached hydrogens (primary N) is 1. The Morgan fingerprint density at radius 3 is 2.47 bits per heavy atom. The number of anilines is 3. The summed E-state index contributed by atoms with van der Waals surface area (Å²) in [7, 11) is 0. The van der Waals surface area contributed by atoms with Crippen LogP contribution in [0, 0.1) is 6.92 Å². The van der Waals surface area contributed by atoms with Crippen LogP contribution in [-0.4, -0.2) is 22.6 Å². The zero-order chi connectivity index (χ0) is 25.9. The van der Waals surface area contributed by atoms with E-state index in [0.717, 1.165) is 38.0 Å². The molecule has 8 heteroatoms. The van der Waals surface area contributed by atoms with E-state index >= 15 is 0 Å². The van der Waals surface area contributed by atoms with Gasteiger partial charge in [-0.2, -0.15) is 0 Å². The van der Waals surface area contributed by atoms with Crippen LogP contribution in [0.4, 0.5) is 22.0 Å². The van der Waals surface area contributed by atoms with Crippen LogP contribution in [0.2, 0.25) is 0 Å². The summed E-state index contributed by atoms with van der Waals surface area (Å²) in [6, 6.07) is 14.8. The Kier molecular flexibility index (Phi) is 7.07. The first kappa shape index (κ1) is 24.9. The fraction of sp³-hybridized carbons (Fsp3) is 0.179. The number of pyridine rings is 1. The second-order valence-corrected chi connectivity index (χ2v) is 10.2. The number of amides is 2. The lowest BCUT2D eigenvalue weighted by atomic mass is 10.0. The van der Waals surface area contributed by atoms with Gasteiger partial charge in [0.25, 0.3) is 0 Å². The van der Waals surface area contributed by atoms with Crippen molar-refractivity contribution in [2.45, 2.75) is 33.3 Å². The molecule has 0 unspecified atom stereocenters. The molecule has 4 aromatic rings. The number of aryl methyl sites for hydroxylation is 1. The second-order valence-electron chi connectivity index (χ2n) is 9.35. The molecule has 4 N–H and O–H groups in total. The molecule has 0 saturated heterocycles. The molecule has 0 atom stereocenters. The zero-order valence-corrected chi connectivity index (χ0v) is 21.4. The van der Waals surface area contributed by atoms with Crippen LogP contribution >= 0.6 is 11.3 Å². The minimum absolute atomic E-state index is 0.316. The number of esters is 1. The summed E-state index contributed by atoms with van der Waals surface area (Å²) >= 11 is 1.53. The third kappa shape index (κ3) is 6.09. The first-order valence-corrected chi connectivity index (χ1v) is 12.3. The van der Waals surface area contributed by atoms with Gasteiger partial charge in [-0.3, -0.25) is 0 Å². The highest BCUT2D eigenvalue weighted by Crippen LogP contribution is 2.39. The summed E-state index contributed by atoms with van der Waals surface area (Å²) in [5.74, 6) is -0.00539. The summed E-state index contributed by atoms with van der Waals surface area (Å²) in [5, 5.41) is 8.51. The van der Waals surface area contributed by atoms with Crippen molar-refractivity contribution in [3.8, 4) is 11.1 Å². The minimum atomic E-state index is -0.561. The lowest BCUT2D eigenvalue weighted by molar-refractivity contribution is -0.148. The Hall–Kier alpha value is -4.17. The number of urea groups is 1. The Bertz CT molecular complexity index is 1450. The molecule has 0 aliphatic rings. The third-order valence-corrected chi connectivity index (χ3v) is 6.22. The third-order valence-electron chi connectivity index (χ3n) is 5.19. The van der Waals surface area contributed by atoms with Gasteiger partial charge in [0, 0.05) is 44.9 Å². The molecule has 0 spiro atoms. The van der Waals surface area contributed by atoms with Crippen molar-refractivity contribution >= 4 is 56.7 Å². The van der Waals surface area contributed by atoms with Crippen LogP contribution in [0.15, 0.2) is 66.2 Å². The number of hydrogen-bond donors (Lipinski definition) is 3. The van der Waals surface area contributed by atoms with Crippen molar-refractivity contribution in [1.29, 1.82) is 0 Å². The van der Waals surface area contributed by atoms with Gasteiger partial charge in [0.1, 0.15) is 11.4 Å². The maximum absolute atomic E-state index is 12.4. The van der Waals surface area contributed by atoms with Crippen LogP contribution < -0.4 is 16.4 Å². The summed E-state index contributed by atoms with van der Waals surface area (Å²) in [6.45, 7) is 7.44. The topological polar surface area (TPSA) is 106 Å². The van der Waals surface area contributed by atoms with Gasteiger partial charge in [-0.25, -0.2) is 14.6 Å². The predicted octanol–water partition coefficient (Wildman–Crippen LogP) is 6.85. The molecule has 7 nitrogen and oxygen atoms in total. The van der Waals surface area contributed by atoms with Crippen LogP contribution in [0.25, 0.3) is 27.3 Å². The van der Waals surface area contributed by atoms with Gasteiger partial charge in [-0.05, 0) is 74.5 Å². The number of hydrogen-bond acceptors (Lipinski definition) is 6. The van der Waals surface area contributed by atoms with E-state index in [1.165, 1.54) is 17.4 Å². The first-order valence-electron chi connectivity index (χ1n) is 11.4. The lowest BCUT2D eigenvalue weighted by Crippen LogP contribution is -2.22. The molecular weight excluding hydrogens is 472 g/mol. The number of fused-ring (bicyclic) bond motifs is 1. The largest absolute Gasteiger partial charge is 0.457 e. The van der Waals surface area contributed by atoms with E-state index in [4.69, 9.17) is 10.5 Å². The average Bonchev–Trinajstić information content (AvgIpc) is 3.24. The van der Waals surface area contributed by atoms with E-state index in [1.54, 1.807) is 12.3 Å². The highest BCUT2D eigenvalue weighted by Gasteiger charge is 2.16. The summed E-state index contributed by atoms with van der Waals surface area (Å²) in [6.07, 6.45) is 4.75. The number of nitrogens with one attached hydrogen (secondary N) is 2. The number of rotatable bonds is 5. The normalized spacial score (nSPS) is 11.6. The molecule has 4 rings (SSSR count). The highest BCUT2D eigenvalue weighted by molar-refractivity contribution is 7.18. The number of benzene rings is 2. The van der Waals surface area contributed by atoms with Gasteiger partial charge in [0.15, 0.2) is 0 Å². The zero-order valence-electron chi connectivity index (χ0n) is 20.6. The Balaban J connectivity index is 1.53. The number of ether oxygens (including phenoxy) is 1. The number of nitrogens with zero attached hydrogens (tertiary/aromatic N) is 1. The van der Waals surface area contributed by atoms with E-state index in [-0.39, 0.29) is 6.03 Å². The van der Waals surface area contributed by atoms with E-state index < -0.39 is 11.6 Å². The summed E-state index contributed by atoms with van der Waals surface area (Å²) in [5.41, 5.74) is 10.8. The molecule has 0 radical (unpaired) electrons. The van der Waals surface area contributed by atoms with Crippen molar-refractivity contribution in [3.05, 3.63) is 77.3 Å². The van der Waals surface area contributed by atoms with E-state index in [0.29, 0.717) is 11.5 Å². The molecule has 0 aliphatic carbocycles. The number of carbonyl (C=O) groups is 2. The number of aromatic nitrogens is 1. The predicted molar refractivity (Wildman–Crippen MR) is 148 cm³/mol. The fourth-order valence-corrected chi connectivity index (χ4v) is 4.74. The molecular formula is C28H28N4O3S. The van der Waals surface area contributed by atoms with E-state index in [1.807, 2.05) is 81.6 Å². The van der Waals surface area contributed by atoms with Crippen LogP contribution in [0.5, 0.6) is 0 Å². The Morgan fingerprint density at radius 1 is 1.06 bits per heavy atom. The van der Waals surface area contributed by atoms with Gasteiger partial charge in [0.05, 0.1) is 0 Å². The molecule has 36 heavy (non-hydrogen) atoms. The number of thiophene rings is 1. The van der Waals surface area contributed by atoms with Crippen molar-refractivity contribution in [1.82, 2.24) is 4.98 Å². The maximum atomic E-state index is 12.4. The second kappa shape index (κ2) is 10.2. The van der Waals surface area contributed by atoms with Gasteiger partial charge in [-0.1, -0.05) is 24.3 Å². The molecule has 0 bridgehead atoms. The SMILES string of the molecule is Cc1cccc(NC(=O)Nc2ccc(-c3csc4c(/C=C/C(=O)OC(C)(C)C)cnc(N)c34)cc2)c1. The van der Waals surface area contributed by atoms with Crippen LogP contribution in [0.3, 0.4) is 0 Å². The minimum Gasteiger partial charge on any atom is -0.457 e. The molecule has 2 aromatic heterocycles. The standard InChI is InChI=1S/C28H28N4O3S/c1-17-6-5-7-21(14-17)32-27(34)31-20-11-8-18(9-12-20)22-16-36-25-19(15-30-26(29)24(22)25)10-13-23(33)35-28(2,3)4/h5-16H,1-4H3,(H2,29,30)(H2,31,32,34)/b13-10+. The van der Waals surface area contributed by atoms with E-state index in [9.17, 15) is 9.59 Å². The van der Waals surface area contributed by atoms with E-state index in [2.05, 4.69) is 15.6 Å². The highest BCUT2D eigenvalue weighted by atomic mass is 32.1. The van der Waals surface area contributed by atoms with Gasteiger partial charge < -0.3 is 21.1 Å². The molecule has 2 amide bonds. The molecule has 0 fully saturated rings. The molecule has 2 heterocycles. The van der Waals surface area contributed by atoms with Crippen LogP contribution in [0.1, 0.15) is 31.9 Å². The van der Waals surface area contributed by atoms with Crippen molar-refractivity contribution in [2.24, 2.45) is 0 Å². The molecule has 2 aromatic carbocycles. The Morgan fingerprint density at radius 2 is 1.78 bits per heavy atom.